The van der Waals surface area contributed by atoms with Gasteiger partial charge in [-0.05, 0) is 52.2 Å². The van der Waals surface area contributed by atoms with E-state index in [2.05, 4.69) is 20.5 Å². The molecule has 30 heavy (non-hydrogen) atoms. The third-order valence-electron chi connectivity index (χ3n) is 6.06. The third-order valence-corrected chi connectivity index (χ3v) is 6.06. The molecule has 0 radical (unpaired) electrons. The molecule has 2 amide bonds. The molecule has 1 atom stereocenters. The number of nitrogens with zero attached hydrogens (tertiary/aromatic N) is 4. The molecule has 0 saturated carbocycles. The van der Waals surface area contributed by atoms with Gasteiger partial charge in [0.2, 0.25) is 5.91 Å². The number of aromatic amines is 1. The number of amides is 2. The number of rotatable bonds is 4. The average Bonchev–Trinajstić information content (AvgIpc) is 3.28. The number of nitrogens with one attached hydrogen (secondary N) is 2. The van der Waals surface area contributed by atoms with Crippen LogP contribution >= 0.6 is 0 Å². The predicted molar refractivity (Wildman–Crippen MR) is 113 cm³/mol. The van der Waals surface area contributed by atoms with Crippen LogP contribution in [0.25, 0.3) is 5.65 Å². The Labute approximate surface area is 175 Å². The predicted octanol–water partition coefficient (Wildman–Crippen LogP) is 2.54. The van der Waals surface area contributed by atoms with Crippen molar-refractivity contribution < 1.29 is 9.59 Å². The topological polar surface area (TPSA) is 95.4 Å². The highest BCUT2D eigenvalue weighted by Gasteiger charge is 2.39. The molecule has 8 nitrogen and oxygen atoms in total. The summed E-state index contributed by atoms with van der Waals surface area (Å²) in [5.41, 5.74) is 4.48. The molecule has 158 valence electrons. The standard InChI is InChI=1S/C22H28N6O2/c1-14-6-7-19-24-18(12-28(19)11-14)20(29)27-9-5-8-22(4,13-27)21(30)23-10-17-15(2)25-26-16(17)3/h6-7,11-12H,5,8-10,13H2,1-4H3,(H,23,30)(H,25,26). The van der Waals surface area contributed by atoms with Crippen molar-refractivity contribution in [1.29, 1.82) is 0 Å². The number of carbonyl (C=O) groups is 2. The zero-order valence-corrected chi connectivity index (χ0v) is 18.0. The van der Waals surface area contributed by atoms with Crippen LogP contribution in [0.2, 0.25) is 0 Å². The summed E-state index contributed by atoms with van der Waals surface area (Å²) in [6.07, 6.45) is 5.25. The zero-order valence-electron chi connectivity index (χ0n) is 18.0. The fourth-order valence-electron chi connectivity index (χ4n) is 4.18. The smallest absolute Gasteiger partial charge is 0.274 e. The molecular formula is C22H28N6O2. The van der Waals surface area contributed by atoms with Crippen LogP contribution < -0.4 is 5.32 Å². The number of likely N-dealkylation sites (tertiary alicyclic amines) is 1. The Hall–Kier alpha value is -3.16. The van der Waals surface area contributed by atoms with E-state index in [0.29, 0.717) is 25.3 Å². The highest BCUT2D eigenvalue weighted by atomic mass is 16.2. The number of aryl methyl sites for hydroxylation is 3. The fraction of sp³-hybridized carbons (Fsp3) is 0.455. The van der Waals surface area contributed by atoms with E-state index in [0.717, 1.165) is 41.0 Å². The van der Waals surface area contributed by atoms with E-state index in [-0.39, 0.29) is 11.8 Å². The molecule has 0 bridgehead atoms. The molecular weight excluding hydrogens is 380 g/mol. The maximum absolute atomic E-state index is 13.1. The van der Waals surface area contributed by atoms with Crippen molar-refractivity contribution in [2.24, 2.45) is 5.41 Å². The van der Waals surface area contributed by atoms with Crippen molar-refractivity contribution in [3.63, 3.8) is 0 Å². The van der Waals surface area contributed by atoms with E-state index in [1.165, 1.54) is 0 Å². The Bertz CT molecular complexity index is 1090. The van der Waals surface area contributed by atoms with Crippen LogP contribution in [-0.4, -0.2) is 49.4 Å². The van der Waals surface area contributed by atoms with Crippen LogP contribution in [0.5, 0.6) is 0 Å². The summed E-state index contributed by atoms with van der Waals surface area (Å²) in [6.45, 7) is 9.25. The summed E-state index contributed by atoms with van der Waals surface area (Å²) in [4.78, 5) is 32.4. The first-order valence-corrected chi connectivity index (χ1v) is 10.3. The number of hydrogen-bond donors (Lipinski definition) is 2. The lowest BCUT2D eigenvalue weighted by Crippen LogP contribution is -2.51. The van der Waals surface area contributed by atoms with Crippen LogP contribution in [0.15, 0.2) is 24.5 Å². The first kappa shape index (κ1) is 20.1. The van der Waals surface area contributed by atoms with Crippen molar-refractivity contribution in [2.45, 2.75) is 47.1 Å². The molecule has 1 unspecified atom stereocenters. The zero-order chi connectivity index (χ0) is 21.5. The Balaban J connectivity index is 1.46. The summed E-state index contributed by atoms with van der Waals surface area (Å²) in [5, 5.41) is 10.2. The summed E-state index contributed by atoms with van der Waals surface area (Å²) in [5.74, 6) is -0.165. The minimum atomic E-state index is -0.630. The van der Waals surface area contributed by atoms with Gasteiger partial charge in [0.15, 0.2) is 0 Å². The van der Waals surface area contributed by atoms with Crippen molar-refractivity contribution in [3.8, 4) is 0 Å². The molecule has 3 aromatic heterocycles. The number of carbonyl (C=O) groups excluding carboxylic acids is 2. The minimum absolute atomic E-state index is 0.0365. The lowest BCUT2D eigenvalue weighted by Gasteiger charge is -2.39. The first-order valence-electron chi connectivity index (χ1n) is 10.3. The Kier molecular flexibility index (Phi) is 5.09. The van der Waals surface area contributed by atoms with Gasteiger partial charge in [-0.3, -0.25) is 14.7 Å². The molecule has 0 aliphatic carbocycles. The van der Waals surface area contributed by atoms with Crippen LogP contribution in [0.3, 0.4) is 0 Å². The lowest BCUT2D eigenvalue weighted by molar-refractivity contribution is -0.132. The second-order valence-corrected chi connectivity index (χ2v) is 8.58. The number of H-pyrrole nitrogens is 1. The molecule has 4 heterocycles. The molecule has 1 fully saturated rings. The van der Waals surface area contributed by atoms with E-state index in [9.17, 15) is 9.59 Å². The van der Waals surface area contributed by atoms with Crippen molar-refractivity contribution in [2.75, 3.05) is 13.1 Å². The Morgan fingerprint density at radius 1 is 1.23 bits per heavy atom. The number of piperidine rings is 1. The molecule has 4 rings (SSSR count). The molecule has 1 aliphatic rings. The summed E-state index contributed by atoms with van der Waals surface area (Å²) in [7, 11) is 0. The van der Waals surface area contributed by atoms with Gasteiger partial charge in [-0.2, -0.15) is 5.10 Å². The van der Waals surface area contributed by atoms with Gasteiger partial charge >= 0.3 is 0 Å². The van der Waals surface area contributed by atoms with Gasteiger partial charge in [0, 0.05) is 43.3 Å². The summed E-state index contributed by atoms with van der Waals surface area (Å²) < 4.78 is 1.87. The molecule has 2 N–H and O–H groups in total. The Morgan fingerprint density at radius 3 is 2.77 bits per heavy atom. The highest BCUT2D eigenvalue weighted by molar-refractivity contribution is 5.94. The highest BCUT2D eigenvalue weighted by Crippen LogP contribution is 2.31. The molecule has 8 heteroatoms. The number of hydrogen-bond acceptors (Lipinski definition) is 4. The van der Waals surface area contributed by atoms with E-state index < -0.39 is 5.41 Å². The van der Waals surface area contributed by atoms with Gasteiger partial charge in [-0.15, -0.1) is 0 Å². The van der Waals surface area contributed by atoms with Crippen molar-refractivity contribution in [3.05, 3.63) is 52.7 Å². The molecule has 1 saturated heterocycles. The monoisotopic (exact) mass is 408 g/mol. The summed E-state index contributed by atoms with van der Waals surface area (Å²) >= 11 is 0. The van der Waals surface area contributed by atoms with E-state index >= 15 is 0 Å². The van der Waals surface area contributed by atoms with E-state index in [1.54, 1.807) is 11.1 Å². The fourth-order valence-corrected chi connectivity index (χ4v) is 4.18. The van der Waals surface area contributed by atoms with Crippen molar-refractivity contribution in [1.82, 2.24) is 29.8 Å². The molecule has 0 aromatic carbocycles. The second kappa shape index (κ2) is 7.59. The lowest BCUT2D eigenvalue weighted by atomic mass is 9.80. The molecule has 0 spiro atoms. The van der Waals surface area contributed by atoms with Crippen LogP contribution in [0.4, 0.5) is 0 Å². The van der Waals surface area contributed by atoms with Gasteiger partial charge in [0.1, 0.15) is 11.3 Å². The number of fused-ring (bicyclic) bond motifs is 1. The van der Waals surface area contributed by atoms with Gasteiger partial charge in [0.05, 0.1) is 11.1 Å². The number of imidazole rings is 1. The van der Waals surface area contributed by atoms with Gasteiger partial charge < -0.3 is 14.6 Å². The average molecular weight is 409 g/mol. The first-order chi connectivity index (χ1) is 14.3. The van der Waals surface area contributed by atoms with Gasteiger partial charge in [0.25, 0.3) is 5.91 Å². The van der Waals surface area contributed by atoms with Crippen molar-refractivity contribution >= 4 is 17.5 Å². The number of aromatic nitrogens is 4. The Morgan fingerprint density at radius 2 is 2.03 bits per heavy atom. The SMILES string of the molecule is Cc1ccc2nc(C(=O)N3CCCC(C)(C(=O)NCc4c(C)n[nH]c4C)C3)cn2c1. The molecule has 3 aromatic rings. The van der Waals surface area contributed by atoms with Gasteiger partial charge in [-0.25, -0.2) is 4.98 Å². The van der Waals surface area contributed by atoms with E-state index in [4.69, 9.17) is 0 Å². The minimum Gasteiger partial charge on any atom is -0.351 e. The third kappa shape index (κ3) is 3.69. The molecule has 1 aliphatic heterocycles. The summed E-state index contributed by atoms with van der Waals surface area (Å²) in [6, 6.07) is 3.88. The van der Waals surface area contributed by atoms with E-state index in [1.807, 2.05) is 50.4 Å². The number of pyridine rings is 1. The second-order valence-electron chi connectivity index (χ2n) is 8.58. The van der Waals surface area contributed by atoms with Crippen LogP contribution in [0, 0.1) is 26.2 Å². The van der Waals surface area contributed by atoms with Crippen LogP contribution in [-0.2, 0) is 11.3 Å². The van der Waals surface area contributed by atoms with Crippen LogP contribution in [0.1, 0.15) is 52.8 Å². The van der Waals surface area contributed by atoms with Gasteiger partial charge in [-0.1, -0.05) is 6.07 Å². The normalized spacial score (nSPS) is 19.3. The quantitative estimate of drug-likeness (QED) is 0.693. The largest absolute Gasteiger partial charge is 0.351 e. The maximum Gasteiger partial charge on any atom is 0.274 e. The maximum atomic E-state index is 13.1.